The third kappa shape index (κ3) is 1.94. The average molecular weight is 187 g/mol. The molecule has 0 aromatic rings. The number of nitrogens with zero attached hydrogens (tertiary/aromatic N) is 1. The van der Waals surface area contributed by atoms with Crippen molar-refractivity contribution in [3.8, 4) is 0 Å². The quantitative estimate of drug-likeness (QED) is 0.505. The molecule has 0 unspecified atom stereocenters. The summed E-state index contributed by atoms with van der Waals surface area (Å²) < 4.78 is 0. The molecule has 1 aliphatic rings. The van der Waals surface area contributed by atoms with Gasteiger partial charge in [-0.3, -0.25) is 0 Å². The Balaban J connectivity index is 2.68. The van der Waals surface area contributed by atoms with Gasteiger partial charge in [-0.25, -0.2) is 0 Å². The van der Waals surface area contributed by atoms with E-state index in [1.807, 2.05) is 11.8 Å². The molecule has 0 aromatic carbocycles. The number of rotatable bonds is 1. The molecule has 1 saturated heterocycles. The summed E-state index contributed by atoms with van der Waals surface area (Å²) in [6.07, 6.45) is 2.11. The van der Waals surface area contributed by atoms with Crippen LogP contribution in [0.2, 0.25) is 0 Å². The van der Waals surface area contributed by atoms with Crippen molar-refractivity contribution >= 4 is 17.5 Å². The van der Waals surface area contributed by atoms with Gasteiger partial charge in [0.1, 0.15) is 0 Å². The van der Waals surface area contributed by atoms with Crippen LogP contribution < -0.4 is 0 Å². The highest BCUT2D eigenvalue weighted by Gasteiger charge is 2.29. The number of oxime groups is 1. The molecule has 1 heterocycles. The van der Waals surface area contributed by atoms with Crippen molar-refractivity contribution in [2.24, 2.45) is 11.1 Å². The van der Waals surface area contributed by atoms with Gasteiger partial charge in [0.2, 0.25) is 0 Å². The Bertz CT molecular complexity index is 181. The molecule has 3 heteroatoms. The number of hydrogen-bond donors (Lipinski definition) is 1. The number of hydrogen-bond acceptors (Lipinski definition) is 3. The highest BCUT2D eigenvalue weighted by Crippen LogP contribution is 2.35. The fourth-order valence-electron chi connectivity index (χ4n) is 1.74. The number of thioether (sulfide) groups is 1. The molecular formula is C9H17NOS. The van der Waals surface area contributed by atoms with Crippen LogP contribution in [0, 0.1) is 5.92 Å². The summed E-state index contributed by atoms with van der Waals surface area (Å²) in [6.45, 7) is 6.55. The lowest BCUT2D eigenvalue weighted by Crippen LogP contribution is -2.32. The van der Waals surface area contributed by atoms with Gasteiger partial charge in [0.15, 0.2) is 0 Å². The van der Waals surface area contributed by atoms with Crippen LogP contribution in [0.3, 0.4) is 0 Å². The van der Waals surface area contributed by atoms with Crippen LogP contribution >= 0.6 is 11.8 Å². The second-order valence-electron chi connectivity index (χ2n) is 3.48. The lowest BCUT2D eigenvalue weighted by Gasteiger charge is -2.32. The zero-order chi connectivity index (χ0) is 9.14. The van der Waals surface area contributed by atoms with Crippen LogP contribution in [-0.2, 0) is 0 Å². The first kappa shape index (κ1) is 9.90. The van der Waals surface area contributed by atoms with Gasteiger partial charge in [-0.1, -0.05) is 25.9 Å². The maximum Gasteiger partial charge on any atom is 0.0620 e. The lowest BCUT2D eigenvalue weighted by molar-refractivity contribution is 0.312. The minimum Gasteiger partial charge on any atom is -0.411 e. The van der Waals surface area contributed by atoms with Crippen LogP contribution in [0.25, 0.3) is 0 Å². The first-order chi connectivity index (χ1) is 5.69. The van der Waals surface area contributed by atoms with Gasteiger partial charge in [0.05, 0.1) is 5.71 Å². The van der Waals surface area contributed by atoms with E-state index in [9.17, 15) is 0 Å². The first-order valence-corrected chi connectivity index (χ1v) is 5.49. The van der Waals surface area contributed by atoms with E-state index in [-0.39, 0.29) is 0 Å². The van der Waals surface area contributed by atoms with E-state index in [1.165, 1.54) is 0 Å². The standard InChI is InChI=1S/C9H17NOS/c1-4-9-7(3)8(10-11)5-6(2)12-9/h6-7,9,11H,4-5H2,1-3H3/b10-8+/t6-,7+,9+/m0/s1. The second kappa shape index (κ2) is 4.17. The predicted octanol–water partition coefficient (Wildman–Crippen LogP) is 2.76. The van der Waals surface area contributed by atoms with Crippen molar-refractivity contribution in [1.29, 1.82) is 0 Å². The lowest BCUT2D eigenvalue weighted by atomic mass is 9.95. The van der Waals surface area contributed by atoms with Gasteiger partial charge in [-0.15, -0.1) is 0 Å². The predicted molar refractivity (Wildman–Crippen MR) is 54.1 cm³/mol. The summed E-state index contributed by atoms with van der Waals surface area (Å²) in [5, 5.41) is 13.4. The molecule has 0 amide bonds. The van der Waals surface area contributed by atoms with Crippen LogP contribution in [0.1, 0.15) is 33.6 Å². The second-order valence-corrected chi connectivity index (χ2v) is 5.16. The molecule has 0 spiro atoms. The SMILES string of the molecule is CC[C@H]1S[C@@H](C)C/C(=N\O)[C@H]1C. The highest BCUT2D eigenvalue weighted by atomic mass is 32.2. The summed E-state index contributed by atoms with van der Waals surface area (Å²) in [6, 6.07) is 0. The molecule has 1 rings (SSSR count). The Kier molecular flexibility index (Phi) is 3.44. The van der Waals surface area contributed by atoms with E-state index in [2.05, 4.69) is 25.9 Å². The third-order valence-electron chi connectivity index (χ3n) is 2.52. The molecule has 70 valence electrons. The summed E-state index contributed by atoms with van der Waals surface area (Å²) in [4.78, 5) is 0. The van der Waals surface area contributed by atoms with Crippen molar-refractivity contribution in [1.82, 2.24) is 0 Å². The van der Waals surface area contributed by atoms with Crippen molar-refractivity contribution in [2.45, 2.75) is 44.1 Å². The van der Waals surface area contributed by atoms with Crippen molar-refractivity contribution in [3.63, 3.8) is 0 Å². The largest absolute Gasteiger partial charge is 0.411 e. The van der Waals surface area contributed by atoms with Crippen LogP contribution in [0.5, 0.6) is 0 Å². The van der Waals surface area contributed by atoms with E-state index in [4.69, 9.17) is 5.21 Å². The Morgan fingerprint density at radius 2 is 2.25 bits per heavy atom. The minimum absolute atomic E-state index is 0.446. The van der Waals surface area contributed by atoms with E-state index in [1.54, 1.807) is 0 Å². The molecule has 0 aromatic heterocycles. The average Bonchev–Trinajstić information content (AvgIpc) is 2.08. The molecule has 3 atom stereocenters. The molecule has 1 aliphatic heterocycles. The van der Waals surface area contributed by atoms with E-state index in [0.717, 1.165) is 18.6 Å². The summed E-state index contributed by atoms with van der Waals surface area (Å²) in [5.41, 5.74) is 0.980. The monoisotopic (exact) mass is 187 g/mol. The van der Waals surface area contributed by atoms with Crippen LogP contribution in [-0.4, -0.2) is 21.4 Å². The smallest absolute Gasteiger partial charge is 0.0620 e. The van der Waals surface area contributed by atoms with Gasteiger partial charge >= 0.3 is 0 Å². The Morgan fingerprint density at radius 3 is 2.75 bits per heavy atom. The summed E-state index contributed by atoms with van der Waals surface area (Å²) in [7, 11) is 0. The van der Waals surface area contributed by atoms with Gasteiger partial charge in [0.25, 0.3) is 0 Å². The molecule has 0 bridgehead atoms. The Labute approximate surface area is 78.4 Å². The molecule has 0 saturated carbocycles. The third-order valence-corrected chi connectivity index (χ3v) is 4.24. The van der Waals surface area contributed by atoms with Crippen molar-refractivity contribution < 1.29 is 5.21 Å². The zero-order valence-corrected chi connectivity index (χ0v) is 8.77. The van der Waals surface area contributed by atoms with Crippen LogP contribution in [0.15, 0.2) is 5.16 Å². The maximum absolute atomic E-state index is 8.77. The molecule has 1 fully saturated rings. The minimum atomic E-state index is 0.446. The molecular weight excluding hydrogens is 170 g/mol. The van der Waals surface area contributed by atoms with Crippen molar-refractivity contribution in [2.75, 3.05) is 0 Å². The van der Waals surface area contributed by atoms with E-state index >= 15 is 0 Å². The topological polar surface area (TPSA) is 32.6 Å². The van der Waals surface area contributed by atoms with Gasteiger partial charge in [0, 0.05) is 22.8 Å². The molecule has 0 aliphatic carbocycles. The van der Waals surface area contributed by atoms with Gasteiger partial charge in [-0.2, -0.15) is 11.8 Å². The zero-order valence-electron chi connectivity index (χ0n) is 7.95. The van der Waals surface area contributed by atoms with Gasteiger partial charge < -0.3 is 5.21 Å². The fraction of sp³-hybridized carbons (Fsp3) is 0.889. The summed E-state index contributed by atoms with van der Waals surface area (Å²) in [5.74, 6) is 0.446. The normalized spacial score (nSPS) is 40.2. The van der Waals surface area contributed by atoms with E-state index in [0.29, 0.717) is 16.4 Å². The molecule has 0 radical (unpaired) electrons. The highest BCUT2D eigenvalue weighted by molar-refractivity contribution is 8.00. The fourth-order valence-corrected chi connectivity index (χ4v) is 3.19. The maximum atomic E-state index is 8.77. The van der Waals surface area contributed by atoms with Crippen molar-refractivity contribution in [3.05, 3.63) is 0 Å². The van der Waals surface area contributed by atoms with E-state index < -0.39 is 0 Å². The van der Waals surface area contributed by atoms with Crippen LogP contribution in [0.4, 0.5) is 0 Å². The first-order valence-electron chi connectivity index (χ1n) is 4.55. The Hall–Kier alpha value is -0.180. The van der Waals surface area contributed by atoms with Gasteiger partial charge in [-0.05, 0) is 6.42 Å². The summed E-state index contributed by atoms with van der Waals surface area (Å²) >= 11 is 2.02. The molecule has 1 N–H and O–H groups in total. The molecule has 2 nitrogen and oxygen atoms in total. The molecule has 12 heavy (non-hydrogen) atoms. The Morgan fingerprint density at radius 1 is 1.58 bits per heavy atom.